The Kier molecular flexibility index (Phi) is 33.4. The standard InChI is InChI=1S/C14H23BO2Si.C12H24B2O4.C8H11BrSi.C6H4Br2.C4H8O.CH3F.CH4.2CH3.2U/c1-13(2)14(3,4)17-15(16-13)11-9-7-8-10-12(11)18(5)6;1-9(2)10(3,4)16-13(15-9)14-17-11(5,6)12(7,8)18-14;1-10(2)8-6-4-3-5-7(8)9;7-5-3-1-2-4-6(5)8;1-2-4-5-3-1;1-2;;;;;/h7-10,18H,1-6H3;1-8H3;3-6,10H,1-2H3;1-4H;1-4H2;1H3;1H4;2*1H3;;/q;;;;;;;2*-1;;/i;;;;;1D;;2*1T;;. The van der Waals surface area contributed by atoms with Gasteiger partial charge in [-0.05, 0) is 157 Å². The van der Waals surface area contributed by atoms with Gasteiger partial charge in [0.2, 0.25) is 0 Å². The van der Waals surface area contributed by atoms with Gasteiger partial charge in [-0.1, -0.05) is 109 Å². The summed E-state index contributed by atoms with van der Waals surface area (Å²) in [4.78, 5) is 0. The van der Waals surface area contributed by atoms with Crippen molar-refractivity contribution in [1.82, 2.24) is 0 Å². The predicted octanol–water partition coefficient (Wildman–Crippen LogP) is 12.2. The molecule has 66 heavy (non-hydrogen) atoms. The Morgan fingerprint density at radius 3 is 1.06 bits per heavy atom. The van der Waals surface area contributed by atoms with E-state index in [1.165, 1.54) is 33.2 Å². The second-order valence-corrected chi connectivity index (χ2v) is 27.5. The molecule has 4 heterocycles. The first-order chi connectivity index (χ1) is 30.6. The summed E-state index contributed by atoms with van der Waals surface area (Å²) in [6.07, 6.45) is 2.56. The van der Waals surface area contributed by atoms with Crippen LogP contribution in [0.25, 0.3) is 0 Å². The van der Waals surface area contributed by atoms with Gasteiger partial charge >= 0.3 is 21.1 Å². The first kappa shape index (κ1) is 67.5. The molecule has 18 heteroatoms. The molecular weight excluding hydrogens is 1510 g/mol. The average molecular weight is 1600 g/mol. The summed E-state index contributed by atoms with van der Waals surface area (Å²) in [7, 11) is 1.34. The Balaban J connectivity index is -0.000000385. The number of alkyl halides is 1. The second kappa shape index (κ2) is 32.6. The summed E-state index contributed by atoms with van der Waals surface area (Å²) in [5.41, 5.74) is -0.740. The first-order valence-electron chi connectivity index (χ1n) is 23.4. The van der Waals surface area contributed by atoms with Gasteiger partial charge in [0, 0.05) is 88.9 Å². The van der Waals surface area contributed by atoms with Gasteiger partial charge in [0.05, 0.1) is 59.7 Å². The Morgan fingerprint density at radius 1 is 0.530 bits per heavy atom. The van der Waals surface area contributed by atoms with Gasteiger partial charge in [0.25, 0.3) is 0 Å². The Hall–Kier alpha value is 1.48. The molecule has 7 nitrogen and oxygen atoms in total. The van der Waals surface area contributed by atoms with Crippen LogP contribution in [0.15, 0.2) is 86.2 Å². The van der Waals surface area contributed by atoms with Crippen molar-refractivity contribution < 1.29 is 103 Å². The third kappa shape index (κ3) is 21.5. The number of rotatable bonds is 4. The van der Waals surface area contributed by atoms with E-state index in [-0.39, 0.29) is 110 Å². The minimum absolute atomic E-state index is 0. The normalized spacial score (nSPS) is 19.6. The minimum Gasteiger partial charge on any atom is -0.405 e. The number of hydrogen-bond donors (Lipinski definition) is 0. The predicted molar refractivity (Wildman–Crippen MR) is 294 cm³/mol. The van der Waals surface area contributed by atoms with Crippen molar-refractivity contribution in [3.8, 4) is 0 Å². The summed E-state index contributed by atoms with van der Waals surface area (Å²) in [5.74, 6) is 0. The summed E-state index contributed by atoms with van der Waals surface area (Å²) in [6, 6.07) is 25.0. The molecule has 0 spiro atoms. The average Bonchev–Trinajstić information content (AvgIpc) is 3.99. The number of benzene rings is 3. The van der Waals surface area contributed by atoms with E-state index in [1.54, 1.807) is 0 Å². The fourth-order valence-corrected chi connectivity index (χ4v) is 10.9. The Bertz CT molecular complexity index is 1720. The molecule has 0 amide bonds. The molecule has 7 rings (SSSR count). The van der Waals surface area contributed by atoms with Crippen molar-refractivity contribution in [3.63, 3.8) is 0 Å². The van der Waals surface area contributed by atoms with Crippen molar-refractivity contribution >= 4 is 102 Å². The molecule has 4 fully saturated rings. The molecule has 0 atom stereocenters. The molecule has 4 aliphatic heterocycles. The van der Waals surface area contributed by atoms with E-state index < -0.39 is 38.8 Å². The van der Waals surface area contributed by atoms with Gasteiger partial charge in [-0.3, -0.25) is 4.39 Å². The minimum atomic E-state index is -1.00. The fraction of sp³-hybridized carbons (Fsp3) is 0.583. The van der Waals surface area contributed by atoms with Crippen LogP contribution in [-0.2, 0) is 32.7 Å². The SMILES string of the molecule is Brc1ccccc1Br.C.C1CCOC1.CC1(C)OB(B2OC(C)(C)C(C)(C)O2)OC1(C)C.C[SiH](C)c1ccccc1B1OC(C)(C)C(C)(C)O1.C[SiH](C)c1ccccc1Br.[2H]CF.[3H][CH2-].[3H][CH2-].[U].[U]. The molecule has 0 unspecified atom stereocenters. The fourth-order valence-electron chi connectivity index (χ4n) is 6.11. The molecule has 4 aliphatic rings. The number of halogens is 4. The second-order valence-electron chi connectivity index (χ2n) is 19.0. The zero-order chi connectivity index (χ0) is 51.3. The quantitative estimate of drug-likeness (QED) is 0.190. The van der Waals surface area contributed by atoms with Gasteiger partial charge in [0.15, 0.2) is 0 Å². The summed E-state index contributed by atoms with van der Waals surface area (Å²) >= 11 is 10.2. The monoisotopic (exact) mass is 1600 g/mol. The van der Waals surface area contributed by atoms with Crippen LogP contribution in [0.5, 0.6) is 0 Å². The molecule has 0 aromatic heterocycles. The zero-order valence-electron chi connectivity index (χ0n) is 45.1. The van der Waals surface area contributed by atoms with Crippen LogP contribution < -0.4 is 15.8 Å². The van der Waals surface area contributed by atoms with Gasteiger partial charge < -0.3 is 47.5 Å². The van der Waals surface area contributed by atoms with Crippen molar-refractivity contribution in [3.05, 3.63) is 101 Å². The maximum absolute atomic E-state index is 9.96. The van der Waals surface area contributed by atoms with E-state index in [0.717, 1.165) is 22.2 Å². The number of ether oxygens (including phenoxy) is 1. The first-order valence-corrected chi connectivity index (χ1v) is 29.4. The smallest absolute Gasteiger partial charge is 0.405 e. The van der Waals surface area contributed by atoms with Crippen LogP contribution in [0.4, 0.5) is 4.39 Å². The maximum atomic E-state index is 9.96. The number of hydrogen-bond acceptors (Lipinski definition) is 7. The van der Waals surface area contributed by atoms with Gasteiger partial charge in [-0.25, -0.2) is 2.74 Å². The van der Waals surface area contributed by atoms with Gasteiger partial charge in [0.1, 0.15) is 0 Å². The molecule has 3 aromatic carbocycles. The Morgan fingerprint density at radius 2 is 0.803 bits per heavy atom. The van der Waals surface area contributed by atoms with E-state index in [4.69, 9.17) is 36.8 Å². The maximum Gasteiger partial charge on any atom is 0.494 e. The van der Waals surface area contributed by atoms with Gasteiger partial charge in [-0.2, -0.15) is 0 Å². The molecule has 0 aliphatic carbocycles. The molecule has 3 aromatic rings. The van der Waals surface area contributed by atoms with Crippen molar-refractivity contribution in [2.45, 2.75) is 163 Å². The van der Waals surface area contributed by atoms with Gasteiger partial charge in [-0.15, -0.1) is 0 Å². The topological polar surface area (TPSA) is 64.6 Å². The third-order valence-corrected chi connectivity index (χ3v) is 18.6. The summed E-state index contributed by atoms with van der Waals surface area (Å²) in [6.45, 7) is 35.9. The van der Waals surface area contributed by atoms with Crippen LogP contribution in [-0.4, -0.2) is 92.7 Å². The van der Waals surface area contributed by atoms with Crippen LogP contribution in [0.2, 0.25) is 26.2 Å². The van der Waals surface area contributed by atoms with Crippen molar-refractivity contribution in [1.29, 1.82) is 0 Å². The van der Waals surface area contributed by atoms with E-state index in [0.29, 0.717) is 0 Å². The summed E-state index contributed by atoms with van der Waals surface area (Å²) in [5, 5.41) is 2.96. The molecule has 372 valence electrons. The van der Waals surface area contributed by atoms with Crippen molar-refractivity contribution in [2.75, 3.05) is 20.4 Å². The molecule has 0 bridgehead atoms. The molecular formula is C48H83B3Br3FO7Si2U2-2. The zero-order valence-corrected chi connectivity index (χ0v) is 57.5. The van der Waals surface area contributed by atoms with Crippen molar-refractivity contribution in [2.24, 2.45) is 0 Å². The van der Waals surface area contributed by atoms with E-state index >= 15 is 0 Å². The molecule has 4 saturated heterocycles. The molecule has 0 saturated carbocycles. The summed E-state index contributed by atoms with van der Waals surface area (Å²) < 4.78 is 71.0. The molecule has 0 N–H and O–H groups in total. The largest absolute Gasteiger partial charge is 0.494 e. The third-order valence-electron chi connectivity index (χ3n) is 12.1. The van der Waals surface area contributed by atoms with E-state index in [9.17, 15) is 4.39 Å². The van der Waals surface area contributed by atoms with Crippen LogP contribution in [0, 0.1) is 77.0 Å². The van der Waals surface area contributed by atoms with E-state index in [2.05, 4.69) is 165 Å². The van der Waals surface area contributed by atoms with Crippen LogP contribution in [0.1, 0.15) is 107 Å². The van der Waals surface area contributed by atoms with Crippen LogP contribution in [0.3, 0.4) is 0 Å². The van der Waals surface area contributed by atoms with E-state index in [1.807, 2.05) is 79.7 Å². The van der Waals surface area contributed by atoms with Crippen LogP contribution >= 0.6 is 47.8 Å². The Labute approximate surface area is 485 Å². The molecule has 0 radical (unpaired) electrons.